The van der Waals surface area contributed by atoms with E-state index < -0.39 is 0 Å². The van der Waals surface area contributed by atoms with Gasteiger partial charge in [0.05, 0.1) is 19.2 Å². The minimum absolute atomic E-state index is 0.130. The van der Waals surface area contributed by atoms with E-state index in [-0.39, 0.29) is 5.56 Å². The molecule has 1 aromatic heterocycles. The van der Waals surface area contributed by atoms with Gasteiger partial charge in [0.2, 0.25) is 5.75 Å². The van der Waals surface area contributed by atoms with Crippen LogP contribution in [0.5, 0.6) is 11.5 Å². The van der Waals surface area contributed by atoms with Gasteiger partial charge in [-0.05, 0) is 31.0 Å². The third-order valence-corrected chi connectivity index (χ3v) is 4.89. The maximum Gasteiger partial charge on any atom is 0.297 e. The number of nitrogens with zero attached hydrogens (tertiary/aromatic N) is 1. The molecule has 27 heavy (non-hydrogen) atoms. The first kappa shape index (κ1) is 21.1. The van der Waals surface area contributed by atoms with Gasteiger partial charge in [-0.25, -0.2) is 0 Å². The number of aryl methyl sites for hydroxylation is 1. The van der Waals surface area contributed by atoms with Crippen molar-refractivity contribution in [3.8, 4) is 11.5 Å². The van der Waals surface area contributed by atoms with Crippen LogP contribution in [0.4, 0.5) is 5.69 Å². The lowest BCUT2D eigenvalue weighted by atomic mass is 10.1. The second-order valence-electron chi connectivity index (χ2n) is 7.07. The number of ether oxygens (including phenoxy) is 2. The fourth-order valence-corrected chi connectivity index (χ4v) is 3.34. The first-order valence-electron chi connectivity index (χ1n) is 10.3. The summed E-state index contributed by atoms with van der Waals surface area (Å²) in [4.78, 5) is 13.2. The standard InChI is InChI=1S/C22H34N2O3/c1-4-6-8-9-10-11-14-24-19-16-17(23)12-13-18(19)20(26-3)21(22(24)25)27-15-7-5-2/h12-13,16H,4-11,14-15,23H2,1-3H3. The van der Waals surface area contributed by atoms with Gasteiger partial charge in [0.15, 0.2) is 5.75 Å². The van der Waals surface area contributed by atoms with Crippen molar-refractivity contribution in [3.63, 3.8) is 0 Å². The summed E-state index contributed by atoms with van der Waals surface area (Å²) in [7, 11) is 1.58. The molecule has 0 saturated carbocycles. The lowest BCUT2D eigenvalue weighted by Crippen LogP contribution is -2.24. The molecule has 2 rings (SSSR count). The summed E-state index contributed by atoms with van der Waals surface area (Å²) in [6.45, 7) is 5.49. The Labute approximate surface area is 162 Å². The number of hydrogen-bond donors (Lipinski definition) is 1. The second kappa shape index (κ2) is 10.9. The molecule has 0 atom stereocenters. The molecule has 0 saturated heterocycles. The zero-order valence-electron chi connectivity index (χ0n) is 17.1. The predicted octanol–water partition coefficient (Wildman–Crippen LogP) is 5.13. The fraction of sp³-hybridized carbons (Fsp3) is 0.591. The normalized spacial score (nSPS) is 11.1. The smallest absolute Gasteiger partial charge is 0.297 e. The summed E-state index contributed by atoms with van der Waals surface area (Å²) in [6, 6.07) is 5.60. The highest BCUT2D eigenvalue weighted by Gasteiger charge is 2.19. The van der Waals surface area contributed by atoms with Crippen LogP contribution < -0.4 is 20.8 Å². The third kappa shape index (κ3) is 5.41. The van der Waals surface area contributed by atoms with E-state index in [1.807, 2.05) is 18.2 Å². The van der Waals surface area contributed by atoms with E-state index in [1.54, 1.807) is 11.7 Å². The average molecular weight is 375 g/mol. The molecule has 0 aliphatic heterocycles. The van der Waals surface area contributed by atoms with Gasteiger partial charge >= 0.3 is 0 Å². The number of benzene rings is 1. The maximum atomic E-state index is 13.2. The Morgan fingerprint density at radius 2 is 1.67 bits per heavy atom. The SMILES string of the molecule is CCCCCCCCn1c(=O)c(OCCCC)c(OC)c2ccc(N)cc21. The van der Waals surface area contributed by atoms with E-state index in [1.165, 1.54) is 25.7 Å². The zero-order valence-corrected chi connectivity index (χ0v) is 17.1. The van der Waals surface area contributed by atoms with Crippen LogP contribution in [-0.4, -0.2) is 18.3 Å². The van der Waals surface area contributed by atoms with Crippen molar-refractivity contribution in [1.29, 1.82) is 0 Å². The first-order valence-corrected chi connectivity index (χ1v) is 10.3. The monoisotopic (exact) mass is 374 g/mol. The van der Waals surface area contributed by atoms with Gasteiger partial charge in [0.1, 0.15) is 0 Å². The lowest BCUT2D eigenvalue weighted by molar-refractivity contribution is 0.283. The van der Waals surface area contributed by atoms with Crippen molar-refractivity contribution in [1.82, 2.24) is 4.57 Å². The van der Waals surface area contributed by atoms with Crippen LogP contribution in [0.3, 0.4) is 0 Å². The first-order chi connectivity index (χ1) is 13.1. The number of rotatable bonds is 12. The highest BCUT2D eigenvalue weighted by Crippen LogP contribution is 2.33. The Morgan fingerprint density at radius 1 is 0.963 bits per heavy atom. The van der Waals surface area contributed by atoms with E-state index >= 15 is 0 Å². The molecule has 1 aromatic carbocycles. The maximum absolute atomic E-state index is 13.2. The summed E-state index contributed by atoms with van der Waals surface area (Å²) in [5.41, 5.74) is 7.32. The second-order valence-corrected chi connectivity index (χ2v) is 7.07. The van der Waals surface area contributed by atoms with Crippen molar-refractivity contribution in [2.24, 2.45) is 0 Å². The van der Waals surface area contributed by atoms with Gasteiger partial charge in [-0.2, -0.15) is 0 Å². The third-order valence-electron chi connectivity index (χ3n) is 4.89. The van der Waals surface area contributed by atoms with Gasteiger partial charge < -0.3 is 19.8 Å². The van der Waals surface area contributed by atoms with E-state index in [0.29, 0.717) is 30.3 Å². The van der Waals surface area contributed by atoms with Crippen LogP contribution in [-0.2, 0) is 6.54 Å². The van der Waals surface area contributed by atoms with Gasteiger partial charge in [-0.15, -0.1) is 0 Å². The summed E-state index contributed by atoms with van der Waals surface area (Å²) >= 11 is 0. The molecule has 0 amide bonds. The Bertz CT molecular complexity index is 783. The van der Waals surface area contributed by atoms with E-state index in [0.717, 1.165) is 36.6 Å². The quantitative estimate of drug-likeness (QED) is 0.413. The Hall–Kier alpha value is -2.17. The Kier molecular flexibility index (Phi) is 8.49. The highest BCUT2D eigenvalue weighted by atomic mass is 16.5. The molecular formula is C22H34N2O3. The van der Waals surface area contributed by atoms with Crippen LogP contribution in [0.2, 0.25) is 0 Å². The number of hydrogen-bond acceptors (Lipinski definition) is 4. The molecule has 0 radical (unpaired) electrons. The lowest BCUT2D eigenvalue weighted by Gasteiger charge is -2.18. The van der Waals surface area contributed by atoms with Crippen molar-refractivity contribution in [2.45, 2.75) is 71.8 Å². The molecule has 0 spiro atoms. The van der Waals surface area contributed by atoms with Crippen molar-refractivity contribution in [3.05, 3.63) is 28.6 Å². The molecule has 0 aliphatic rings. The van der Waals surface area contributed by atoms with Crippen molar-refractivity contribution >= 4 is 16.6 Å². The van der Waals surface area contributed by atoms with Crippen LogP contribution >= 0.6 is 0 Å². The van der Waals surface area contributed by atoms with E-state index in [9.17, 15) is 4.79 Å². The topological polar surface area (TPSA) is 66.5 Å². The number of aromatic nitrogens is 1. The number of anilines is 1. The molecule has 150 valence electrons. The molecule has 2 N–H and O–H groups in total. The molecule has 0 fully saturated rings. The van der Waals surface area contributed by atoms with E-state index in [4.69, 9.17) is 15.2 Å². The highest BCUT2D eigenvalue weighted by molar-refractivity contribution is 5.90. The fourth-order valence-electron chi connectivity index (χ4n) is 3.34. The minimum atomic E-state index is -0.130. The molecular weight excluding hydrogens is 340 g/mol. The summed E-state index contributed by atoms with van der Waals surface area (Å²) < 4.78 is 13.2. The molecule has 1 heterocycles. The molecule has 0 unspecified atom stereocenters. The van der Waals surface area contributed by atoms with Crippen LogP contribution in [0.25, 0.3) is 10.9 Å². The van der Waals surface area contributed by atoms with Gasteiger partial charge in [0.25, 0.3) is 5.56 Å². The van der Waals surface area contributed by atoms with Crippen molar-refractivity contribution < 1.29 is 9.47 Å². The number of nitrogen functional groups attached to an aromatic ring is 1. The van der Waals surface area contributed by atoms with Gasteiger partial charge in [0, 0.05) is 17.6 Å². The molecule has 5 nitrogen and oxygen atoms in total. The predicted molar refractivity (Wildman–Crippen MR) is 113 cm³/mol. The summed E-state index contributed by atoms with van der Waals surface area (Å²) in [5, 5.41) is 0.865. The number of fused-ring (bicyclic) bond motifs is 1. The van der Waals surface area contributed by atoms with Gasteiger partial charge in [-0.3, -0.25) is 4.79 Å². The zero-order chi connectivity index (χ0) is 19.6. The van der Waals surface area contributed by atoms with Crippen LogP contribution in [0.1, 0.15) is 65.2 Å². The van der Waals surface area contributed by atoms with Crippen LogP contribution in [0, 0.1) is 0 Å². The number of nitrogens with two attached hydrogens (primary N) is 1. The van der Waals surface area contributed by atoms with Crippen molar-refractivity contribution in [2.75, 3.05) is 19.5 Å². The molecule has 5 heteroatoms. The summed E-state index contributed by atoms with van der Waals surface area (Å²) in [5.74, 6) is 0.819. The summed E-state index contributed by atoms with van der Waals surface area (Å²) in [6.07, 6.45) is 8.98. The van der Waals surface area contributed by atoms with Crippen LogP contribution in [0.15, 0.2) is 23.0 Å². The van der Waals surface area contributed by atoms with Gasteiger partial charge in [-0.1, -0.05) is 52.4 Å². The molecule has 0 aliphatic carbocycles. The Morgan fingerprint density at radius 3 is 2.37 bits per heavy atom. The minimum Gasteiger partial charge on any atom is -0.492 e. The average Bonchev–Trinajstić information content (AvgIpc) is 2.67. The number of unbranched alkanes of at least 4 members (excludes halogenated alkanes) is 6. The van der Waals surface area contributed by atoms with E-state index in [2.05, 4.69) is 13.8 Å². The number of pyridine rings is 1. The molecule has 0 bridgehead atoms. The largest absolute Gasteiger partial charge is 0.492 e. The Balaban J connectivity index is 2.35. The number of methoxy groups -OCH3 is 1. The molecule has 2 aromatic rings.